The number of hydrogen-bond donors (Lipinski definition) is 2. The summed E-state index contributed by atoms with van der Waals surface area (Å²) in [5, 5.41) is 18.0. The zero-order valence-corrected chi connectivity index (χ0v) is 11.6. The topological polar surface area (TPSA) is 81.1 Å². The third-order valence-electron chi connectivity index (χ3n) is 2.78. The Morgan fingerprint density at radius 2 is 1.83 bits per heavy atom. The number of urea groups is 1. The molecule has 0 fully saturated rings. The van der Waals surface area contributed by atoms with Crippen LogP contribution in [0.3, 0.4) is 0 Å². The summed E-state index contributed by atoms with van der Waals surface area (Å²) in [6.07, 6.45) is 0.0575. The number of aliphatic hydroxyl groups excluding tert-OH is 1. The molecule has 0 aliphatic rings. The van der Waals surface area contributed by atoms with Crippen molar-refractivity contribution >= 4 is 12.0 Å². The van der Waals surface area contributed by atoms with Gasteiger partial charge < -0.3 is 20.0 Å². The number of aliphatic carboxylic acids is 1. The average Bonchev–Trinajstić information content (AvgIpc) is 2.31. The normalized spacial score (nSPS) is 13.8. The van der Waals surface area contributed by atoms with Crippen LogP contribution in [-0.2, 0) is 4.79 Å². The second-order valence-electron chi connectivity index (χ2n) is 4.62. The van der Waals surface area contributed by atoms with Gasteiger partial charge in [-0.1, -0.05) is 6.92 Å². The van der Waals surface area contributed by atoms with Crippen LogP contribution >= 0.6 is 0 Å². The first-order valence-electron chi connectivity index (χ1n) is 6.20. The highest BCUT2D eigenvalue weighted by Crippen LogP contribution is 2.05. The Kier molecular flexibility index (Phi) is 7.35. The molecule has 2 amide bonds. The van der Waals surface area contributed by atoms with E-state index in [-0.39, 0.29) is 12.6 Å². The van der Waals surface area contributed by atoms with Crippen molar-refractivity contribution in [3.05, 3.63) is 0 Å². The molecule has 0 aromatic heterocycles. The van der Waals surface area contributed by atoms with Crippen LogP contribution in [0.2, 0.25) is 0 Å². The highest BCUT2D eigenvalue weighted by molar-refractivity contribution is 5.75. The van der Waals surface area contributed by atoms with Gasteiger partial charge >= 0.3 is 12.0 Å². The predicted octanol–water partition coefficient (Wildman–Crippen LogP) is 0.852. The summed E-state index contributed by atoms with van der Waals surface area (Å²) in [5.41, 5.74) is 0. The van der Waals surface area contributed by atoms with Gasteiger partial charge in [0.1, 0.15) is 0 Å². The first kappa shape index (κ1) is 16.7. The minimum absolute atomic E-state index is 0.198. The van der Waals surface area contributed by atoms with Gasteiger partial charge in [-0.05, 0) is 20.3 Å². The number of hydrogen-bond acceptors (Lipinski definition) is 3. The average molecular weight is 260 g/mol. The van der Waals surface area contributed by atoms with E-state index in [0.29, 0.717) is 19.5 Å². The van der Waals surface area contributed by atoms with E-state index in [2.05, 4.69) is 0 Å². The fourth-order valence-electron chi connectivity index (χ4n) is 1.47. The van der Waals surface area contributed by atoms with Crippen molar-refractivity contribution in [1.29, 1.82) is 0 Å². The molecule has 0 aliphatic carbocycles. The third-order valence-corrected chi connectivity index (χ3v) is 2.78. The van der Waals surface area contributed by atoms with Crippen LogP contribution in [-0.4, -0.2) is 64.8 Å². The Balaban J connectivity index is 4.37. The number of amides is 2. The van der Waals surface area contributed by atoms with Gasteiger partial charge in [-0.3, -0.25) is 4.79 Å². The molecule has 0 bridgehead atoms. The molecule has 6 heteroatoms. The summed E-state index contributed by atoms with van der Waals surface area (Å²) in [5.74, 6) is -1.49. The minimum Gasteiger partial charge on any atom is -0.481 e. The maximum absolute atomic E-state index is 12.0. The SMILES string of the molecule is CCN(CC(C)C(=O)O)C(=O)N(C)CCC(C)O. The molecule has 2 unspecified atom stereocenters. The van der Waals surface area contributed by atoms with Crippen molar-refractivity contribution in [2.45, 2.75) is 33.3 Å². The second-order valence-corrected chi connectivity index (χ2v) is 4.62. The monoisotopic (exact) mass is 260 g/mol. The van der Waals surface area contributed by atoms with Crippen molar-refractivity contribution in [3.8, 4) is 0 Å². The van der Waals surface area contributed by atoms with Crippen LogP contribution in [0.5, 0.6) is 0 Å². The number of carbonyl (C=O) groups is 2. The number of aliphatic hydroxyl groups is 1. The second kappa shape index (κ2) is 7.92. The summed E-state index contributed by atoms with van der Waals surface area (Å²) in [4.78, 5) is 25.8. The first-order chi connectivity index (χ1) is 8.29. The Hall–Kier alpha value is -1.30. The molecule has 0 saturated heterocycles. The van der Waals surface area contributed by atoms with E-state index in [4.69, 9.17) is 10.2 Å². The van der Waals surface area contributed by atoms with Crippen LogP contribution in [0.4, 0.5) is 4.79 Å². The van der Waals surface area contributed by atoms with E-state index in [1.54, 1.807) is 20.9 Å². The lowest BCUT2D eigenvalue weighted by Crippen LogP contribution is -2.44. The summed E-state index contributed by atoms with van der Waals surface area (Å²) >= 11 is 0. The van der Waals surface area contributed by atoms with E-state index in [9.17, 15) is 9.59 Å². The van der Waals surface area contributed by atoms with Crippen LogP contribution < -0.4 is 0 Å². The lowest BCUT2D eigenvalue weighted by Gasteiger charge is -2.28. The lowest BCUT2D eigenvalue weighted by molar-refractivity contribution is -0.141. The molecule has 0 aromatic rings. The quantitative estimate of drug-likeness (QED) is 0.711. The number of nitrogens with zero attached hydrogens (tertiary/aromatic N) is 2. The van der Waals surface area contributed by atoms with Crippen LogP contribution in [0.15, 0.2) is 0 Å². The van der Waals surface area contributed by atoms with Gasteiger partial charge in [0.25, 0.3) is 0 Å². The van der Waals surface area contributed by atoms with Gasteiger partial charge in [0.05, 0.1) is 12.0 Å². The Morgan fingerprint density at radius 3 is 2.22 bits per heavy atom. The molecule has 0 aliphatic heterocycles. The smallest absolute Gasteiger partial charge is 0.319 e. The van der Waals surface area contributed by atoms with Crippen LogP contribution in [0.25, 0.3) is 0 Å². The fourth-order valence-corrected chi connectivity index (χ4v) is 1.47. The number of carbonyl (C=O) groups excluding carboxylic acids is 1. The van der Waals surface area contributed by atoms with E-state index in [1.165, 1.54) is 9.80 Å². The lowest BCUT2D eigenvalue weighted by atomic mass is 10.2. The molecular formula is C12H24N2O4. The van der Waals surface area contributed by atoms with Crippen molar-refractivity contribution in [2.24, 2.45) is 5.92 Å². The van der Waals surface area contributed by atoms with Crippen molar-refractivity contribution in [3.63, 3.8) is 0 Å². The summed E-state index contributed by atoms with van der Waals surface area (Å²) in [7, 11) is 1.65. The largest absolute Gasteiger partial charge is 0.481 e. The third kappa shape index (κ3) is 5.86. The summed E-state index contributed by atoms with van der Waals surface area (Å²) in [6, 6.07) is -0.203. The molecule has 2 N–H and O–H groups in total. The van der Waals surface area contributed by atoms with E-state index >= 15 is 0 Å². The molecule has 106 valence electrons. The fraction of sp³-hybridized carbons (Fsp3) is 0.833. The molecule has 0 rings (SSSR count). The van der Waals surface area contributed by atoms with Crippen molar-refractivity contribution in [1.82, 2.24) is 9.80 Å². The molecule has 18 heavy (non-hydrogen) atoms. The molecule has 0 aromatic carbocycles. The van der Waals surface area contributed by atoms with E-state index in [1.807, 2.05) is 6.92 Å². The molecule has 0 saturated carbocycles. The zero-order chi connectivity index (χ0) is 14.3. The maximum atomic E-state index is 12.0. The molecular weight excluding hydrogens is 236 g/mol. The highest BCUT2D eigenvalue weighted by atomic mass is 16.4. The molecule has 0 spiro atoms. The summed E-state index contributed by atoms with van der Waals surface area (Å²) in [6.45, 7) is 6.18. The van der Waals surface area contributed by atoms with Gasteiger partial charge in [0.15, 0.2) is 0 Å². The summed E-state index contributed by atoms with van der Waals surface area (Å²) < 4.78 is 0. The number of rotatable bonds is 7. The van der Waals surface area contributed by atoms with Gasteiger partial charge in [0.2, 0.25) is 0 Å². The van der Waals surface area contributed by atoms with E-state index < -0.39 is 18.0 Å². The Labute approximate surface area is 108 Å². The van der Waals surface area contributed by atoms with Gasteiger partial charge in [-0.25, -0.2) is 4.79 Å². The van der Waals surface area contributed by atoms with Crippen LogP contribution in [0.1, 0.15) is 27.2 Å². The zero-order valence-electron chi connectivity index (χ0n) is 11.6. The van der Waals surface area contributed by atoms with E-state index in [0.717, 1.165) is 0 Å². The standard InChI is InChI=1S/C12H24N2O4/c1-5-14(8-9(2)11(16)17)12(18)13(4)7-6-10(3)15/h9-10,15H,5-8H2,1-4H3,(H,16,17). The minimum atomic E-state index is -0.909. The molecule has 6 nitrogen and oxygen atoms in total. The highest BCUT2D eigenvalue weighted by Gasteiger charge is 2.21. The number of carboxylic acids is 1. The van der Waals surface area contributed by atoms with Crippen molar-refractivity contribution < 1.29 is 19.8 Å². The van der Waals surface area contributed by atoms with Gasteiger partial charge in [0, 0.05) is 26.7 Å². The van der Waals surface area contributed by atoms with Gasteiger partial charge in [-0.15, -0.1) is 0 Å². The van der Waals surface area contributed by atoms with Crippen molar-refractivity contribution in [2.75, 3.05) is 26.7 Å². The first-order valence-corrected chi connectivity index (χ1v) is 6.20. The Morgan fingerprint density at radius 1 is 1.28 bits per heavy atom. The van der Waals surface area contributed by atoms with Gasteiger partial charge in [-0.2, -0.15) is 0 Å². The molecule has 0 heterocycles. The maximum Gasteiger partial charge on any atom is 0.319 e. The predicted molar refractivity (Wildman–Crippen MR) is 68.4 cm³/mol. The molecule has 2 atom stereocenters. The number of carboxylic acid groups (broad SMARTS) is 1. The van der Waals surface area contributed by atoms with Crippen LogP contribution in [0, 0.1) is 5.92 Å². The Bertz CT molecular complexity index is 281. The molecule has 0 radical (unpaired) electrons.